The normalized spacial score (nSPS) is 10.6. The minimum Gasteiger partial charge on any atom is -0.395 e. The number of urea groups is 1. The molecule has 0 aliphatic carbocycles. The smallest absolute Gasteiger partial charge is 0.323 e. The van der Waals surface area contributed by atoms with Crippen LogP contribution in [0.25, 0.3) is 10.2 Å². The molecule has 2 aromatic rings. The molecule has 0 atom stereocenters. The molecule has 0 radical (unpaired) electrons. The Hall–Kier alpha value is -2.30. The molecule has 0 saturated carbocycles. The lowest BCUT2D eigenvalue weighted by Gasteiger charge is -2.20. The van der Waals surface area contributed by atoms with Gasteiger partial charge < -0.3 is 15.1 Å². The summed E-state index contributed by atoms with van der Waals surface area (Å²) in [5.41, 5.74) is 0.498. The van der Waals surface area contributed by atoms with Crippen molar-refractivity contribution in [1.29, 1.82) is 0 Å². The van der Waals surface area contributed by atoms with Gasteiger partial charge in [-0.3, -0.25) is 15.4 Å². The minimum absolute atomic E-state index is 0.0452. The SMILES string of the molecule is O=C(Nc1nc2ccc([N+](=O)[O-])cc2s1)N(CCO)CCO. The summed E-state index contributed by atoms with van der Waals surface area (Å²) >= 11 is 1.11. The van der Waals surface area contributed by atoms with Crippen LogP contribution in [-0.2, 0) is 0 Å². The van der Waals surface area contributed by atoms with Crippen molar-refractivity contribution in [3.63, 3.8) is 0 Å². The lowest BCUT2D eigenvalue weighted by atomic mass is 10.3. The number of anilines is 1. The number of fused-ring (bicyclic) bond motifs is 1. The number of aliphatic hydroxyl groups excluding tert-OH is 2. The number of benzene rings is 1. The summed E-state index contributed by atoms with van der Waals surface area (Å²) in [6, 6.07) is 3.75. The Morgan fingerprint density at radius 1 is 1.36 bits per heavy atom. The van der Waals surface area contributed by atoms with Gasteiger partial charge in [-0.1, -0.05) is 11.3 Å². The Morgan fingerprint density at radius 3 is 2.64 bits per heavy atom. The first-order valence-corrected chi connectivity index (χ1v) is 7.19. The first-order chi connectivity index (χ1) is 10.5. The molecule has 22 heavy (non-hydrogen) atoms. The predicted molar refractivity (Wildman–Crippen MR) is 81.0 cm³/mol. The summed E-state index contributed by atoms with van der Waals surface area (Å²) in [4.78, 5) is 27.6. The molecule has 3 N–H and O–H groups in total. The Bertz CT molecular complexity index is 683. The molecule has 10 heteroatoms. The molecule has 1 aromatic heterocycles. The molecular weight excluding hydrogens is 312 g/mol. The van der Waals surface area contributed by atoms with Crippen molar-refractivity contribution in [2.45, 2.75) is 0 Å². The predicted octanol–water partition coefficient (Wildman–Crippen LogP) is 1.02. The van der Waals surface area contributed by atoms with Gasteiger partial charge in [-0.25, -0.2) is 9.78 Å². The molecule has 9 nitrogen and oxygen atoms in total. The number of carbonyl (C=O) groups excluding carboxylic acids is 1. The van der Waals surface area contributed by atoms with Gasteiger partial charge in [0.15, 0.2) is 5.13 Å². The first kappa shape index (κ1) is 16.1. The second kappa shape index (κ2) is 7.11. The van der Waals surface area contributed by atoms with Crippen LogP contribution in [0.2, 0.25) is 0 Å². The van der Waals surface area contributed by atoms with Gasteiger partial charge in [0.05, 0.1) is 28.4 Å². The van der Waals surface area contributed by atoms with Crippen LogP contribution in [0.3, 0.4) is 0 Å². The van der Waals surface area contributed by atoms with E-state index in [0.29, 0.717) is 15.3 Å². The van der Waals surface area contributed by atoms with Crippen molar-refractivity contribution in [3.05, 3.63) is 28.3 Å². The van der Waals surface area contributed by atoms with E-state index in [1.807, 2.05) is 0 Å². The third-order valence-electron chi connectivity index (χ3n) is 2.82. The molecule has 1 heterocycles. The van der Waals surface area contributed by atoms with Gasteiger partial charge in [0.2, 0.25) is 0 Å². The van der Waals surface area contributed by atoms with E-state index < -0.39 is 11.0 Å². The zero-order valence-electron chi connectivity index (χ0n) is 11.4. The summed E-state index contributed by atoms with van der Waals surface area (Å²) < 4.78 is 0.584. The zero-order chi connectivity index (χ0) is 16.1. The first-order valence-electron chi connectivity index (χ1n) is 6.37. The molecule has 0 aliphatic rings. The molecule has 0 fully saturated rings. The van der Waals surface area contributed by atoms with Gasteiger partial charge in [0, 0.05) is 25.2 Å². The highest BCUT2D eigenvalue weighted by molar-refractivity contribution is 7.22. The number of non-ortho nitro benzene ring substituents is 1. The number of aromatic nitrogens is 1. The van der Waals surface area contributed by atoms with E-state index >= 15 is 0 Å². The molecule has 118 valence electrons. The standard InChI is InChI=1S/C12H14N4O5S/c17-5-3-15(4-6-18)12(19)14-11-13-9-2-1-8(16(20)21)7-10(9)22-11/h1-2,7,17-18H,3-6H2,(H,13,14,19). The van der Waals surface area contributed by atoms with Gasteiger partial charge in [-0.15, -0.1) is 0 Å². The summed E-state index contributed by atoms with van der Waals surface area (Å²) in [5.74, 6) is 0. The zero-order valence-corrected chi connectivity index (χ0v) is 12.2. The van der Waals surface area contributed by atoms with Gasteiger partial charge in [0.1, 0.15) is 0 Å². The fourth-order valence-electron chi connectivity index (χ4n) is 1.81. The molecule has 0 spiro atoms. The number of nitrogens with zero attached hydrogens (tertiary/aromatic N) is 3. The van der Waals surface area contributed by atoms with Crippen molar-refractivity contribution >= 4 is 38.4 Å². The van der Waals surface area contributed by atoms with Crippen LogP contribution in [-0.4, -0.2) is 57.4 Å². The Balaban J connectivity index is 2.17. The molecule has 1 aromatic carbocycles. The molecule has 0 unspecified atom stereocenters. The van der Waals surface area contributed by atoms with E-state index in [-0.39, 0.29) is 32.0 Å². The maximum absolute atomic E-state index is 12.0. The summed E-state index contributed by atoms with van der Waals surface area (Å²) in [6.45, 7) is -0.273. The van der Waals surface area contributed by atoms with Gasteiger partial charge in [-0.05, 0) is 6.07 Å². The lowest BCUT2D eigenvalue weighted by Crippen LogP contribution is -2.38. The van der Waals surface area contributed by atoms with Gasteiger partial charge >= 0.3 is 6.03 Å². The lowest BCUT2D eigenvalue weighted by molar-refractivity contribution is -0.384. The Kier molecular flexibility index (Phi) is 5.20. The van der Waals surface area contributed by atoms with Crippen LogP contribution in [0.5, 0.6) is 0 Å². The third kappa shape index (κ3) is 3.67. The average Bonchev–Trinajstić information content (AvgIpc) is 2.87. The van der Waals surface area contributed by atoms with E-state index in [4.69, 9.17) is 10.2 Å². The van der Waals surface area contributed by atoms with Crippen molar-refractivity contribution in [3.8, 4) is 0 Å². The molecule has 2 rings (SSSR count). The van der Waals surface area contributed by atoms with E-state index in [1.54, 1.807) is 0 Å². The topological polar surface area (TPSA) is 129 Å². The highest BCUT2D eigenvalue weighted by Gasteiger charge is 2.15. The highest BCUT2D eigenvalue weighted by Crippen LogP contribution is 2.29. The number of aliphatic hydroxyl groups is 2. The number of nitro groups is 1. The highest BCUT2D eigenvalue weighted by atomic mass is 32.1. The third-order valence-corrected chi connectivity index (χ3v) is 3.76. The van der Waals surface area contributed by atoms with Crippen LogP contribution in [0.4, 0.5) is 15.6 Å². The summed E-state index contributed by atoms with van der Waals surface area (Å²) in [6.07, 6.45) is 0. The number of rotatable bonds is 6. The number of hydrogen-bond donors (Lipinski definition) is 3. The molecule has 0 aliphatic heterocycles. The number of nitro benzene ring substituents is 1. The van der Waals surface area contributed by atoms with Crippen LogP contribution in [0.1, 0.15) is 0 Å². The Labute approximate surface area is 129 Å². The fraction of sp³-hybridized carbons (Fsp3) is 0.333. The van der Waals surface area contributed by atoms with Crippen molar-refractivity contribution < 1.29 is 19.9 Å². The monoisotopic (exact) mass is 326 g/mol. The van der Waals surface area contributed by atoms with Crippen molar-refractivity contribution in [2.75, 3.05) is 31.6 Å². The molecule has 2 amide bonds. The van der Waals surface area contributed by atoms with E-state index in [1.165, 1.54) is 23.1 Å². The van der Waals surface area contributed by atoms with E-state index in [0.717, 1.165) is 11.3 Å². The van der Waals surface area contributed by atoms with E-state index in [2.05, 4.69) is 10.3 Å². The van der Waals surface area contributed by atoms with Gasteiger partial charge in [0.25, 0.3) is 5.69 Å². The largest absolute Gasteiger partial charge is 0.395 e. The second-order valence-electron chi connectivity index (χ2n) is 4.29. The molecular formula is C12H14N4O5S. The van der Waals surface area contributed by atoms with Gasteiger partial charge in [-0.2, -0.15) is 0 Å². The maximum atomic E-state index is 12.0. The fourth-order valence-corrected chi connectivity index (χ4v) is 2.70. The van der Waals surface area contributed by atoms with Crippen LogP contribution >= 0.6 is 11.3 Å². The number of nitrogens with one attached hydrogen (secondary N) is 1. The number of amides is 2. The summed E-state index contributed by atoms with van der Waals surface area (Å²) in [7, 11) is 0. The van der Waals surface area contributed by atoms with Crippen molar-refractivity contribution in [2.24, 2.45) is 0 Å². The second-order valence-corrected chi connectivity index (χ2v) is 5.32. The molecule has 0 saturated heterocycles. The van der Waals surface area contributed by atoms with Crippen LogP contribution < -0.4 is 5.32 Å². The summed E-state index contributed by atoms with van der Waals surface area (Å²) in [5, 5.41) is 31.4. The minimum atomic E-state index is -0.503. The number of hydrogen-bond acceptors (Lipinski definition) is 7. The number of thiazole rings is 1. The molecule has 0 bridgehead atoms. The quantitative estimate of drug-likeness (QED) is 0.537. The van der Waals surface area contributed by atoms with Crippen molar-refractivity contribution in [1.82, 2.24) is 9.88 Å². The Morgan fingerprint density at radius 2 is 2.05 bits per heavy atom. The average molecular weight is 326 g/mol. The van der Waals surface area contributed by atoms with Crippen LogP contribution in [0.15, 0.2) is 18.2 Å². The van der Waals surface area contributed by atoms with E-state index in [9.17, 15) is 14.9 Å². The van der Waals surface area contributed by atoms with Crippen LogP contribution in [0, 0.1) is 10.1 Å². The maximum Gasteiger partial charge on any atom is 0.323 e. The number of carbonyl (C=O) groups is 1.